The molecule has 5 aromatic carbocycles. The van der Waals surface area contributed by atoms with Crippen LogP contribution in [0.2, 0.25) is 0 Å². The molecule has 0 unspecified atom stereocenters. The quantitative estimate of drug-likeness (QED) is 0.284. The third-order valence-electron chi connectivity index (χ3n) is 7.28. The molecule has 0 bridgehead atoms. The average Bonchev–Trinajstić information content (AvgIpc) is 2.89. The highest BCUT2D eigenvalue weighted by molar-refractivity contribution is 6.99. The van der Waals surface area contributed by atoms with Crippen molar-refractivity contribution < 1.29 is 4.74 Å². The minimum absolute atomic E-state index is 0.130. The molecule has 166 valence electrons. The predicted molar refractivity (Wildman–Crippen MR) is 147 cm³/mol. The summed E-state index contributed by atoms with van der Waals surface area (Å²) in [7, 11) is 0. The molecule has 0 atom stereocenters. The van der Waals surface area contributed by atoms with Crippen molar-refractivity contribution in [1.82, 2.24) is 0 Å². The second-order valence-corrected chi connectivity index (χ2v) is 9.53. The summed E-state index contributed by atoms with van der Waals surface area (Å²) in [6.45, 7) is 4.56. The number of para-hydroxylation sites is 1. The highest BCUT2D eigenvalue weighted by Gasteiger charge is 2.42. The maximum Gasteiger partial charge on any atom is 0.256 e. The summed E-state index contributed by atoms with van der Waals surface area (Å²) in [5, 5.41) is 0. The predicted octanol–water partition coefficient (Wildman–Crippen LogP) is 6.38. The summed E-state index contributed by atoms with van der Waals surface area (Å²) in [5.74, 6) is 1.89. The summed E-state index contributed by atoms with van der Waals surface area (Å²) < 4.78 is 6.62. The first-order valence-corrected chi connectivity index (χ1v) is 12.2. The van der Waals surface area contributed by atoms with Crippen molar-refractivity contribution in [2.24, 2.45) is 0 Å². The minimum Gasteiger partial charge on any atom is -0.458 e. The molecule has 2 aliphatic heterocycles. The first kappa shape index (κ1) is 20.2. The fraction of sp³-hybridized carbons (Fsp3) is 0.0625. The Morgan fingerprint density at radius 3 is 2.17 bits per heavy atom. The molecule has 0 N–H and O–H groups in total. The molecule has 3 heteroatoms. The molecule has 2 heterocycles. The molecule has 0 saturated carbocycles. The fourth-order valence-electron chi connectivity index (χ4n) is 5.85. The van der Waals surface area contributed by atoms with E-state index in [9.17, 15) is 0 Å². The van der Waals surface area contributed by atoms with Crippen molar-refractivity contribution in [3.63, 3.8) is 0 Å². The lowest BCUT2D eigenvalue weighted by atomic mass is 9.33. The number of hydrogen-bond donors (Lipinski definition) is 0. The molecule has 0 aromatic heterocycles. The van der Waals surface area contributed by atoms with Gasteiger partial charge in [-0.1, -0.05) is 78.4 Å². The molecule has 0 saturated heterocycles. The van der Waals surface area contributed by atoms with E-state index < -0.39 is 0 Å². The van der Waals surface area contributed by atoms with Crippen LogP contribution in [0.15, 0.2) is 109 Å². The van der Waals surface area contributed by atoms with Gasteiger partial charge in [-0.05, 0) is 83.3 Å². The van der Waals surface area contributed by atoms with Crippen LogP contribution >= 0.6 is 0 Å². The number of fused-ring (bicyclic) bond motifs is 4. The van der Waals surface area contributed by atoms with Crippen molar-refractivity contribution in [2.45, 2.75) is 13.8 Å². The SMILES string of the molecule is Cc1cc(C)c2c(c1)N(c1ccccc1)c1cccc3c1B2c1ccc(-c2ccccc2)cc1O3. The molecule has 0 radical (unpaired) electrons. The smallest absolute Gasteiger partial charge is 0.256 e. The van der Waals surface area contributed by atoms with Crippen molar-refractivity contribution in [1.29, 1.82) is 0 Å². The monoisotopic (exact) mass is 449 g/mol. The molecular weight excluding hydrogens is 425 g/mol. The van der Waals surface area contributed by atoms with Crippen molar-refractivity contribution in [2.75, 3.05) is 4.90 Å². The van der Waals surface area contributed by atoms with E-state index in [4.69, 9.17) is 4.74 Å². The summed E-state index contributed by atoms with van der Waals surface area (Å²) in [6.07, 6.45) is 0. The van der Waals surface area contributed by atoms with Gasteiger partial charge in [0.1, 0.15) is 11.5 Å². The number of anilines is 3. The van der Waals surface area contributed by atoms with E-state index in [0.29, 0.717) is 0 Å². The molecule has 35 heavy (non-hydrogen) atoms. The summed E-state index contributed by atoms with van der Waals surface area (Å²) in [6, 6.07) is 39.0. The van der Waals surface area contributed by atoms with Crippen LogP contribution in [0, 0.1) is 13.8 Å². The van der Waals surface area contributed by atoms with Crippen molar-refractivity contribution in [3.05, 3.63) is 120 Å². The Bertz CT molecular complexity index is 1590. The lowest BCUT2D eigenvalue weighted by molar-refractivity contribution is 0.488. The second-order valence-electron chi connectivity index (χ2n) is 9.53. The third-order valence-corrected chi connectivity index (χ3v) is 7.28. The zero-order valence-corrected chi connectivity index (χ0v) is 19.8. The Labute approximate surface area is 206 Å². The number of benzene rings is 5. The van der Waals surface area contributed by atoms with Gasteiger partial charge in [0.15, 0.2) is 0 Å². The largest absolute Gasteiger partial charge is 0.458 e. The number of hydrogen-bond acceptors (Lipinski definition) is 2. The van der Waals surface area contributed by atoms with E-state index >= 15 is 0 Å². The average molecular weight is 449 g/mol. The van der Waals surface area contributed by atoms with Gasteiger partial charge < -0.3 is 9.64 Å². The number of ether oxygens (including phenoxy) is 1. The van der Waals surface area contributed by atoms with Crippen LogP contribution in [-0.4, -0.2) is 6.71 Å². The lowest BCUT2D eigenvalue weighted by Crippen LogP contribution is -2.60. The Hall–Kier alpha value is -4.24. The highest BCUT2D eigenvalue weighted by atomic mass is 16.5. The van der Waals surface area contributed by atoms with Gasteiger partial charge >= 0.3 is 0 Å². The van der Waals surface area contributed by atoms with Crippen LogP contribution < -0.4 is 26.0 Å². The van der Waals surface area contributed by atoms with Gasteiger partial charge in [0, 0.05) is 17.1 Å². The van der Waals surface area contributed by atoms with Gasteiger partial charge in [-0.2, -0.15) is 0 Å². The van der Waals surface area contributed by atoms with Crippen LogP contribution in [0.25, 0.3) is 11.1 Å². The van der Waals surface area contributed by atoms with E-state index in [1.807, 2.05) is 0 Å². The van der Waals surface area contributed by atoms with E-state index in [-0.39, 0.29) is 6.71 Å². The molecule has 2 nitrogen and oxygen atoms in total. The number of nitrogens with zero attached hydrogens (tertiary/aromatic N) is 1. The Kier molecular flexibility index (Phi) is 4.40. The lowest BCUT2D eigenvalue weighted by Gasteiger charge is -2.41. The van der Waals surface area contributed by atoms with Gasteiger partial charge in [-0.3, -0.25) is 0 Å². The van der Waals surface area contributed by atoms with Crippen LogP contribution in [0.5, 0.6) is 11.5 Å². The Morgan fingerprint density at radius 1 is 0.600 bits per heavy atom. The van der Waals surface area contributed by atoms with Gasteiger partial charge in [-0.25, -0.2) is 0 Å². The molecule has 0 aliphatic carbocycles. The normalized spacial score (nSPS) is 13.0. The van der Waals surface area contributed by atoms with Crippen LogP contribution in [-0.2, 0) is 0 Å². The molecule has 5 aromatic rings. The Balaban J connectivity index is 1.50. The van der Waals surface area contributed by atoms with Gasteiger partial charge in [0.25, 0.3) is 6.71 Å². The van der Waals surface area contributed by atoms with Crippen molar-refractivity contribution >= 4 is 40.2 Å². The molecular formula is C32H24BNO. The maximum atomic E-state index is 6.62. The highest BCUT2D eigenvalue weighted by Crippen LogP contribution is 2.41. The first-order valence-electron chi connectivity index (χ1n) is 12.2. The maximum absolute atomic E-state index is 6.62. The summed E-state index contributed by atoms with van der Waals surface area (Å²) in [5.41, 5.74) is 12.4. The van der Waals surface area contributed by atoms with Gasteiger partial charge in [0.05, 0.1) is 0 Å². The standard InChI is InChI=1S/C32H24BNO/c1-21-18-22(2)31-28(19-21)34(25-12-7-4-8-13-25)27-14-9-15-29-32(27)33(31)26-17-16-24(20-30(26)35-29)23-10-5-3-6-11-23/h3-20H,1-2H3. The summed E-state index contributed by atoms with van der Waals surface area (Å²) >= 11 is 0. The molecule has 0 amide bonds. The minimum atomic E-state index is 0.130. The summed E-state index contributed by atoms with van der Waals surface area (Å²) in [4.78, 5) is 2.40. The topological polar surface area (TPSA) is 12.5 Å². The van der Waals surface area contributed by atoms with E-state index in [1.165, 1.54) is 50.0 Å². The number of rotatable bonds is 2. The fourth-order valence-corrected chi connectivity index (χ4v) is 5.85. The third kappa shape index (κ3) is 3.05. The second kappa shape index (κ2) is 7.64. The van der Waals surface area contributed by atoms with Crippen LogP contribution in [0.1, 0.15) is 11.1 Å². The zero-order valence-electron chi connectivity index (χ0n) is 19.8. The molecule has 0 fully saturated rings. The van der Waals surface area contributed by atoms with Crippen LogP contribution in [0.4, 0.5) is 17.1 Å². The van der Waals surface area contributed by atoms with Gasteiger partial charge in [0.2, 0.25) is 0 Å². The molecule has 0 spiro atoms. The Morgan fingerprint density at radius 2 is 1.37 bits per heavy atom. The van der Waals surface area contributed by atoms with E-state index in [1.54, 1.807) is 0 Å². The van der Waals surface area contributed by atoms with Crippen molar-refractivity contribution in [3.8, 4) is 22.6 Å². The molecule has 7 rings (SSSR count). The zero-order chi connectivity index (χ0) is 23.5. The molecule has 2 aliphatic rings. The van der Waals surface area contributed by atoms with Crippen LogP contribution in [0.3, 0.4) is 0 Å². The van der Waals surface area contributed by atoms with E-state index in [0.717, 1.165) is 17.2 Å². The number of aryl methyl sites for hydroxylation is 2. The van der Waals surface area contributed by atoms with E-state index in [2.05, 4.69) is 128 Å². The first-order chi connectivity index (χ1) is 17.2. The van der Waals surface area contributed by atoms with Gasteiger partial charge in [-0.15, -0.1) is 0 Å².